The van der Waals surface area contributed by atoms with E-state index in [0.717, 1.165) is 12.1 Å². The van der Waals surface area contributed by atoms with Gasteiger partial charge in [-0.05, 0) is 6.42 Å². The fourth-order valence-corrected chi connectivity index (χ4v) is 1.69. The van der Waals surface area contributed by atoms with Crippen LogP contribution >= 0.6 is 0 Å². The van der Waals surface area contributed by atoms with Gasteiger partial charge in [-0.1, -0.05) is 12.1 Å². The van der Waals surface area contributed by atoms with Crippen LogP contribution in [0.25, 0.3) is 0 Å². The van der Waals surface area contributed by atoms with Crippen LogP contribution in [0.1, 0.15) is 30.8 Å². The minimum absolute atomic E-state index is 0.130. The summed E-state index contributed by atoms with van der Waals surface area (Å²) in [4.78, 5) is 0. The number of aromatic nitrogens is 3. The Kier molecular flexibility index (Phi) is 5.60. The van der Waals surface area contributed by atoms with Crippen LogP contribution < -0.4 is 0 Å². The number of methoxy groups -OCH3 is 2. The lowest BCUT2D eigenvalue weighted by molar-refractivity contribution is 0.133. The van der Waals surface area contributed by atoms with E-state index in [0.29, 0.717) is 18.9 Å². The van der Waals surface area contributed by atoms with Crippen LogP contribution in [-0.2, 0) is 22.5 Å². The summed E-state index contributed by atoms with van der Waals surface area (Å²) in [7, 11) is 3.27. The van der Waals surface area contributed by atoms with Crippen molar-refractivity contribution >= 4 is 0 Å². The van der Waals surface area contributed by atoms with Crippen molar-refractivity contribution in [1.82, 2.24) is 15.0 Å². The van der Waals surface area contributed by atoms with Gasteiger partial charge in [0.05, 0.1) is 37.4 Å². The zero-order chi connectivity index (χ0) is 12.7. The second kappa shape index (κ2) is 6.99. The van der Waals surface area contributed by atoms with Crippen LogP contribution in [0.15, 0.2) is 0 Å². The van der Waals surface area contributed by atoms with E-state index in [9.17, 15) is 0 Å². The lowest BCUT2D eigenvalue weighted by Crippen LogP contribution is -2.18. The zero-order valence-corrected chi connectivity index (χ0v) is 10.5. The monoisotopic (exact) mass is 238 g/mol. The number of nitrogens with zero attached hydrogens (tertiary/aromatic N) is 4. The Morgan fingerprint density at radius 3 is 2.71 bits per heavy atom. The van der Waals surface area contributed by atoms with Gasteiger partial charge in [-0.25, -0.2) is 4.68 Å². The molecule has 0 aliphatic rings. The maximum atomic E-state index is 8.73. The molecule has 6 heteroatoms. The lowest BCUT2D eigenvalue weighted by Gasteiger charge is -2.16. The SMILES string of the molecule is CCC(COC)n1nnc(CC#N)c1COC. The van der Waals surface area contributed by atoms with E-state index in [4.69, 9.17) is 14.7 Å². The van der Waals surface area contributed by atoms with Gasteiger partial charge in [0.25, 0.3) is 0 Å². The molecule has 0 amide bonds. The molecule has 94 valence electrons. The summed E-state index contributed by atoms with van der Waals surface area (Å²) in [6.45, 7) is 3.04. The van der Waals surface area contributed by atoms with Gasteiger partial charge in [-0.15, -0.1) is 5.10 Å². The standard InChI is InChI=1S/C11H18N4O2/c1-4-9(7-16-2)15-11(8-17-3)10(5-6-12)13-14-15/h9H,4-5,7-8H2,1-3H3. The van der Waals surface area contributed by atoms with Crippen LogP contribution in [0, 0.1) is 11.3 Å². The molecule has 1 heterocycles. The average Bonchev–Trinajstić information content (AvgIpc) is 2.71. The molecule has 1 rings (SSSR count). The summed E-state index contributed by atoms with van der Waals surface area (Å²) < 4.78 is 12.1. The van der Waals surface area contributed by atoms with Crippen LogP contribution in [0.2, 0.25) is 0 Å². The van der Waals surface area contributed by atoms with E-state index in [1.807, 2.05) is 0 Å². The molecular formula is C11H18N4O2. The number of ether oxygens (including phenoxy) is 2. The van der Waals surface area contributed by atoms with Crippen molar-refractivity contribution in [3.05, 3.63) is 11.4 Å². The first-order valence-corrected chi connectivity index (χ1v) is 5.56. The molecule has 0 saturated heterocycles. The molecule has 0 spiro atoms. The Bertz CT molecular complexity index is 383. The predicted octanol–water partition coefficient (Wildman–Crippen LogP) is 1.09. The molecular weight excluding hydrogens is 220 g/mol. The highest BCUT2D eigenvalue weighted by atomic mass is 16.5. The molecule has 17 heavy (non-hydrogen) atoms. The number of hydrogen-bond acceptors (Lipinski definition) is 5. The summed E-state index contributed by atoms with van der Waals surface area (Å²) in [6, 6.07) is 2.21. The van der Waals surface area contributed by atoms with E-state index >= 15 is 0 Å². The lowest BCUT2D eigenvalue weighted by atomic mass is 10.2. The summed E-state index contributed by atoms with van der Waals surface area (Å²) in [5.74, 6) is 0. The molecule has 0 aliphatic carbocycles. The maximum absolute atomic E-state index is 8.73. The van der Waals surface area contributed by atoms with E-state index in [1.54, 1.807) is 18.9 Å². The number of hydrogen-bond donors (Lipinski definition) is 0. The molecule has 1 aromatic rings. The molecule has 1 aromatic heterocycles. The van der Waals surface area contributed by atoms with Gasteiger partial charge in [0.1, 0.15) is 5.69 Å². The fourth-order valence-electron chi connectivity index (χ4n) is 1.69. The van der Waals surface area contributed by atoms with Crippen molar-refractivity contribution in [2.75, 3.05) is 20.8 Å². The quantitative estimate of drug-likeness (QED) is 0.711. The van der Waals surface area contributed by atoms with Gasteiger partial charge in [0, 0.05) is 14.2 Å². The molecule has 1 unspecified atom stereocenters. The minimum Gasteiger partial charge on any atom is -0.382 e. The van der Waals surface area contributed by atoms with Gasteiger partial charge in [0.15, 0.2) is 0 Å². The van der Waals surface area contributed by atoms with Crippen molar-refractivity contribution < 1.29 is 9.47 Å². The van der Waals surface area contributed by atoms with E-state index in [2.05, 4.69) is 23.3 Å². The summed E-state index contributed by atoms with van der Waals surface area (Å²) >= 11 is 0. The Morgan fingerprint density at radius 2 is 2.18 bits per heavy atom. The smallest absolute Gasteiger partial charge is 0.102 e. The first-order valence-electron chi connectivity index (χ1n) is 5.56. The van der Waals surface area contributed by atoms with Crippen LogP contribution in [-0.4, -0.2) is 35.8 Å². The van der Waals surface area contributed by atoms with Gasteiger partial charge in [-0.2, -0.15) is 5.26 Å². The van der Waals surface area contributed by atoms with Crippen molar-refractivity contribution in [3.63, 3.8) is 0 Å². The maximum Gasteiger partial charge on any atom is 0.102 e. The Hall–Kier alpha value is -1.45. The van der Waals surface area contributed by atoms with Crippen molar-refractivity contribution in [2.24, 2.45) is 0 Å². The third-order valence-corrected chi connectivity index (χ3v) is 2.58. The normalized spacial score (nSPS) is 12.4. The highest BCUT2D eigenvalue weighted by Crippen LogP contribution is 2.17. The Morgan fingerprint density at radius 1 is 1.41 bits per heavy atom. The summed E-state index contributed by atoms with van der Waals surface area (Å²) in [5, 5.41) is 16.9. The molecule has 0 bridgehead atoms. The first kappa shape index (κ1) is 13.6. The highest BCUT2D eigenvalue weighted by Gasteiger charge is 2.18. The number of rotatable bonds is 7. The van der Waals surface area contributed by atoms with Crippen molar-refractivity contribution in [1.29, 1.82) is 5.26 Å². The zero-order valence-electron chi connectivity index (χ0n) is 10.5. The number of nitriles is 1. The van der Waals surface area contributed by atoms with Crippen LogP contribution in [0.5, 0.6) is 0 Å². The van der Waals surface area contributed by atoms with Crippen LogP contribution in [0.3, 0.4) is 0 Å². The predicted molar refractivity (Wildman–Crippen MR) is 61.3 cm³/mol. The van der Waals surface area contributed by atoms with Crippen molar-refractivity contribution in [2.45, 2.75) is 32.4 Å². The van der Waals surface area contributed by atoms with E-state index in [-0.39, 0.29) is 12.5 Å². The third kappa shape index (κ3) is 3.25. The van der Waals surface area contributed by atoms with Gasteiger partial charge in [0.2, 0.25) is 0 Å². The summed E-state index contributed by atoms with van der Waals surface area (Å²) in [6.07, 6.45) is 1.14. The molecule has 0 saturated carbocycles. The topological polar surface area (TPSA) is 73.0 Å². The molecule has 0 radical (unpaired) electrons. The van der Waals surface area contributed by atoms with Gasteiger partial charge in [-0.3, -0.25) is 0 Å². The van der Waals surface area contributed by atoms with Gasteiger partial charge < -0.3 is 9.47 Å². The second-order valence-electron chi connectivity index (χ2n) is 3.71. The van der Waals surface area contributed by atoms with E-state index in [1.165, 1.54) is 0 Å². The van der Waals surface area contributed by atoms with Crippen molar-refractivity contribution in [3.8, 4) is 6.07 Å². The first-order chi connectivity index (χ1) is 8.28. The largest absolute Gasteiger partial charge is 0.382 e. The third-order valence-electron chi connectivity index (χ3n) is 2.58. The summed E-state index contributed by atoms with van der Waals surface area (Å²) in [5.41, 5.74) is 1.54. The molecule has 0 N–H and O–H groups in total. The molecule has 0 fully saturated rings. The van der Waals surface area contributed by atoms with Gasteiger partial charge >= 0.3 is 0 Å². The van der Waals surface area contributed by atoms with E-state index < -0.39 is 0 Å². The molecule has 0 aliphatic heterocycles. The highest BCUT2D eigenvalue weighted by molar-refractivity contribution is 5.14. The van der Waals surface area contributed by atoms with Crippen LogP contribution in [0.4, 0.5) is 0 Å². The molecule has 0 aromatic carbocycles. The fraction of sp³-hybridized carbons (Fsp3) is 0.727. The second-order valence-corrected chi connectivity index (χ2v) is 3.71. The molecule has 6 nitrogen and oxygen atoms in total. The minimum atomic E-state index is 0.130. The molecule has 1 atom stereocenters. The Balaban J connectivity index is 3.00. The average molecular weight is 238 g/mol. The Labute approximate surface area is 101 Å².